The van der Waals surface area contributed by atoms with Gasteiger partial charge in [-0.3, -0.25) is 0 Å². The Morgan fingerprint density at radius 3 is 2.03 bits per heavy atom. The molecule has 0 aliphatic heterocycles. The number of para-hydroxylation sites is 1. The molecule has 0 fully saturated rings. The Morgan fingerprint density at radius 1 is 0.431 bits per heavy atom. The fourth-order valence-electron chi connectivity index (χ4n) is 8.95. The van der Waals surface area contributed by atoms with E-state index in [1.54, 1.807) is 0 Å². The topological polar surface area (TPSA) is 65.0 Å². The molecule has 1 unspecified atom stereocenters. The Balaban J connectivity index is 1.06. The summed E-state index contributed by atoms with van der Waals surface area (Å²) in [4.78, 5) is 15.9. The molecule has 0 bridgehead atoms. The van der Waals surface area contributed by atoms with E-state index < -0.39 is 0 Å². The van der Waals surface area contributed by atoms with Gasteiger partial charge in [-0.1, -0.05) is 140 Å². The average Bonchev–Trinajstić information content (AvgIpc) is 3.87. The Morgan fingerprint density at radius 2 is 1.14 bits per heavy atom. The first-order valence-corrected chi connectivity index (χ1v) is 19.7. The molecule has 58 heavy (non-hydrogen) atoms. The van der Waals surface area contributed by atoms with Gasteiger partial charge < -0.3 is 8.83 Å². The number of allylic oxidation sites excluding steroid dienone is 1. The van der Waals surface area contributed by atoms with Crippen LogP contribution < -0.4 is 0 Å². The molecule has 0 radical (unpaired) electrons. The van der Waals surface area contributed by atoms with Gasteiger partial charge in [0, 0.05) is 32.8 Å². The summed E-state index contributed by atoms with van der Waals surface area (Å²) < 4.78 is 12.8. The van der Waals surface area contributed by atoms with Crippen molar-refractivity contribution in [3.05, 3.63) is 193 Å². The Hall–Kier alpha value is -7.63. The van der Waals surface area contributed by atoms with E-state index in [2.05, 4.69) is 170 Å². The molecule has 5 nitrogen and oxygen atoms in total. The van der Waals surface area contributed by atoms with Crippen molar-refractivity contribution in [2.75, 3.05) is 0 Å². The highest BCUT2D eigenvalue weighted by molar-refractivity contribution is 6.17. The molecule has 0 saturated carbocycles. The van der Waals surface area contributed by atoms with Crippen LogP contribution in [0.3, 0.4) is 0 Å². The third-order valence-corrected chi connectivity index (χ3v) is 11.7. The molecule has 11 aromatic rings. The summed E-state index contributed by atoms with van der Waals surface area (Å²) in [5.74, 6) is 2.76. The van der Waals surface area contributed by atoms with E-state index in [0.717, 1.165) is 100 Å². The maximum Gasteiger partial charge on any atom is 0.164 e. The van der Waals surface area contributed by atoms with Crippen LogP contribution in [0.25, 0.3) is 106 Å². The number of fused-ring (bicyclic) bond motifs is 8. The Kier molecular flexibility index (Phi) is 7.29. The van der Waals surface area contributed by atoms with Crippen LogP contribution >= 0.6 is 0 Å². The van der Waals surface area contributed by atoms with Gasteiger partial charge in [-0.25, -0.2) is 15.0 Å². The molecule has 5 heteroatoms. The first-order chi connectivity index (χ1) is 28.7. The lowest BCUT2D eigenvalue weighted by Gasteiger charge is -2.19. The summed E-state index contributed by atoms with van der Waals surface area (Å²) in [5, 5.41) is 7.77. The van der Waals surface area contributed by atoms with Crippen molar-refractivity contribution in [3.8, 4) is 45.0 Å². The zero-order chi connectivity index (χ0) is 38.2. The third-order valence-electron chi connectivity index (χ3n) is 11.7. The van der Waals surface area contributed by atoms with Gasteiger partial charge in [-0.15, -0.1) is 0 Å². The molecule has 1 aliphatic carbocycles. The maximum absolute atomic E-state index is 6.47. The van der Waals surface area contributed by atoms with E-state index in [1.165, 1.54) is 10.9 Å². The molecule has 1 aliphatic rings. The van der Waals surface area contributed by atoms with Crippen LogP contribution in [0, 0.1) is 0 Å². The highest BCUT2D eigenvalue weighted by Crippen LogP contribution is 2.44. The highest BCUT2D eigenvalue weighted by atomic mass is 16.3. The first kappa shape index (κ1) is 32.6. The lowest BCUT2D eigenvalue weighted by molar-refractivity contribution is 0.586. The Bertz CT molecular complexity index is 3450. The SMILES string of the molecule is C1=Cc2oc3ccccc3c2C(c2nc(-c3ccc4ccccc4c3)nc(-c3ccc(-c4cccc5oc6ccc(-c7ccccc7)cc6c45)c4ccccc34)n2)C1. The van der Waals surface area contributed by atoms with Crippen LogP contribution in [0.4, 0.5) is 0 Å². The van der Waals surface area contributed by atoms with Gasteiger partial charge in [-0.05, 0) is 92.7 Å². The monoisotopic (exact) mass is 743 g/mol. The standard InChI is InChI=1S/C53H33N3O2/c1-2-12-32(13-3-1)35-26-29-46-44(31-35)49-40(19-10-22-47(49)58-46)39-27-28-41(38-17-7-6-16-37(38)39)52-54-51(36-25-24-33-14-4-5-15-34(33)30-36)55-53(56-52)43-20-11-23-48-50(43)42-18-8-9-21-45(42)57-48/h1-19,21-31,43H,20H2. The predicted octanol–water partition coefficient (Wildman–Crippen LogP) is 14.0. The largest absolute Gasteiger partial charge is 0.456 e. The van der Waals surface area contributed by atoms with E-state index >= 15 is 0 Å². The summed E-state index contributed by atoms with van der Waals surface area (Å²) in [6.45, 7) is 0. The van der Waals surface area contributed by atoms with E-state index in [9.17, 15) is 0 Å². The number of nitrogens with zero attached hydrogens (tertiary/aromatic N) is 3. The normalized spacial score (nSPS) is 13.9. The van der Waals surface area contributed by atoms with Crippen molar-refractivity contribution < 1.29 is 8.83 Å². The summed E-state index contributed by atoms with van der Waals surface area (Å²) >= 11 is 0. The smallest absolute Gasteiger partial charge is 0.164 e. The minimum Gasteiger partial charge on any atom is -0.456 e. The molecular formula is C53H33N3O2. The van der Waals surface area contributed by atoms with Crippen molar-refractivity contribution in [3.63, 3.8) is 0 Å². The van der Waals surface area contributed by atoms with E-state index in [-0.39, 0.29) is 5.92 Å². The molecule has 272 valence electrons. The van der Waals surface area contributed by atoms with Gasteiger partial charge in [0.15, 0.2) is 11.6 Å². The van der Waals surface area contributed by atoms with Gasteiger partial charge >= 0.3 is 0 Å². The molecule has 3 aromatic heterocycles. The molecule has 8 aromatic carbocycles. The minimum absolute atomic E-state index is 0.108. The van der Waals surface area contributed by atoms with Gasteiger partial charge in [-0.2, -0.15) is 0 Å². The minimum atomic E-state index is -0.108. The van der Waals surface area contributed by atoms with Crippen molar-refractivity contribution in [2.45, 2.75) is 12.3 Å². The van der Waals surface area contributed by atoms with Gasteiger partial charge in [0.05, 0.1) is 5.92 Å². The van der Waals surface area contributed by atoms with Gasteiger partial charge in [0.2, 0.25) is 0 Å². The average molecular weight is 744 g/mol. The lowest BCUT2D eigenvalue weighted by Crippen LogP contribution is -2.11. The third kappa shape index (κ3) is 5.21. The van der Waals surface area contributed by atoms with Crippen LogP contribution in [0.5, 0.6) is 0 Å². The van der Waals surface area contributed by atoms with Crippen LogP contribution in [-0.4, -0.2) is 15.0 Å². The molecule has 0 spiro atoms. The van der Waals surface area contributed by atoms with Crippen LogP contribution in [0.15, 0.2) is 185 Å². The summed E-state index contributed by atoms with van der Waals surface area (Å²) in [7, 11) is 0. The van der Waals surface area contributed by atoms with Gasteiger partial charge in [0.1, 0.15) is 28.3 Å². The second-order valence-electron chi connectivity index (χ2n) is 15.0. The fraction of sp³-hybridized carbons (Fsp3) is 0.0377. The van der Waals surface area contributed by atoms with Crippen LogP contribution in [-0.2, 0) is 0 Å². The van der Waals surface area contributed by atoms with Crippen molar-refractivity contribution >= 4 is 60.5 Å². The molecule has 0 saturated heterocycles. The summed E-state index contributed by atoms with van der Waals surface area (Å²) in [6.07, 6.45) is 5.00. The van der Waals surface area contributed by atoms with Crippen molar-refractivity contribution in [2.24, 2.45) is 0 Å². The van der Waals surface area contributed by atoms with Crippen LogP contribution in [0.2, 0.25) is 0 Å². The molecule has 12 rings (SSSR count). The first-order valence-electron chi connectivity index (χ1n) is 19.7. The van der Waals surface area contributed by atoms with Crippen molar-refractivity contribution in [1.82, 2.24) is 15.0 Å². The molecule has 0 amide bonds. The van der Waals surface area contributed by atoms with E-state index in [0.29, 0.717) is 11.6 Å². The number of hydrogen-bond acceptors (Lipinski definition) is 5. The molecular weight excluding hydrogens is 711 g/mol. The number of aromatic nitrogens is 3. The molecule has 3 heterocycles. The fourth-order valence-corrected chi connectivity index (χ4v) is 8.95. The zero-order valence-electron chi connectivity index (χ0n) is 31.3. The predicted molar refractivity (Wildman–Crippen MR) is 236 cm³/mol. The summed E-state index contributed by atoms with van der Waals surface area (Å²) in [6, 6.07) is 59.4. The van der Waals surface area contributed by atoms with E-state index in [4.69, 9.17) is 23.8 Å². The molecule has 0 N–H and O–H groups in total. The Labute approximate surface area is 333 Å². The number of benzene rings is 8. The van der Waals surface area contributed by atoms with Gasteiger partial charge in [0.25, 0.3) is 0 Å². The number of furan rings is 2. The second kappa shape index (κ2) is 13.0. The second-order valence-corrected chi connectivity index (χ2v) is 15.0. The van der Waals surface area contributed by atoms with Crippen molar-refractivity contribution in [1.29, 1.82) is 0 Å². The quantitative estimate of drug-likeness (QED) is 0.176. The van der Waals surface area contributed by atoms with E-state index in [1.807, 2.05) is 12.1 Å². The lowest BCUT2D eigenvalue weighted by atomic mass is 9.88. The number of hydrogen-bond donors (Lipinski definition) is 0. The highest BCUT2D eigenvalue weighted by Gasteiger charge is 2.29. The van der Waals surface area contributed by atoms with Crippen LogP contribution in [0.1, 0.15) is 29.5 Å². The maximum atomic E-state index is 6.47. The zero-order valence-corrected chi connectivity index (χ0v) is 31.3. The summed E-state index contributed by atoms with van der Waals surface area (Å²) in [5.41, 5.74) is 10.2. The number of rotatable bonds is 5. The molecule has 1 atom stereocenters.